The zero-order chi connectivity index (χ0) is 15.1. The Bertz CT molecular complexity index is 487. The van der Waals surface area contributed by atoms with Crippen molar-refractivity contribution in [2.45, 2.75) is 0 Å². The number of anilines is 1. The van der Waals surface area contributed by atoms with E-state index in [9.17, 15) is 14.9 Å². The van der Waals surface area contributed by atoms with Crippen LogP contribution in [0.4, 0.5) is 11.5 Å². The summed E-state index contributed by atoms with van der Waals surface area (Å²) in [7, 11) is 1.17. The molecule has 0 unspecified atom stereocenters. The van der Waals surface area contributed by atoms with E-state index in [0.29, 0.717) is 0 Å². The van der Waals surface area contributed by atoms with Crippen LogP contribution in [0.1, 0.15) is 10.5 Å². The molecule has 0 amide bonds. The lowest BCUT2D eigenvalue weighted by Gasteiger charge is -2.21. The molecule has 9 nitrogen and oxygen atoms in total. The Morgan fingerprint density at radius 3 is 2.45 bits per heavy atom. The fourth-order valence-electron chi connectivity index (χ4n) is 1.60. The van der Waals surface area contributed by atoms with Gasteiger partial charge in [0.15, 0.2) is 5.69 Å². The van der Waals surface area contributed by atoms with E-state index in [2.05, 4.69) is 9.72 Å². The molecule has 0 spiro atoms. The second-order valence-electron chi connectivity index (χ2n) is 3.72. The molecule has 0 atom stereocenters. The molecule has 0 aliphatic rings. The normalized spacial score (nSPS) is 10.2. The molecular weight excluding hydrogens is 270 g/mol. The number of ether oxygens (including phenoxy) is 1. The molecule has 0 saturated heterocycles. The van der Waals surface area contributed by atoms with Gasteiger partial charge in [0.05, 0.1) is 25.2 Å². The van der Waals surface area contributed by atoms with Crippen LogP contribution in [0.25, 0.3) is 0 Å². The number of carbonyl (C=O) groups excluding carboxylic acids is 1. The smallest absolute Gasteiger partial charge is 0.356 e. The van der Waals surface area contributed by atoms with Gasteiger partial charge in [0.2, 0.25) is 5.82 Å². The van der Waals surface area contributed by atoms with Gasteiger partial charge in [-0.3, -0.25) is 10.1 Å². The van der Waals surface area contributed by atoms with Gasteiger partial charge in [-0.15, -0.1) is 0 Å². The van der Waals surface area contributed by atoms with Crippen molar-refractivity contribution in [1.82, 2.24) is 4.98 Å². The van der Waals surface area contributed by atoms with Crippen LogP contribution in [0.2, 0.25) is 0 Å². The average Bonchev–Trinajstić information content (AvgIpc) is 2.45. The van der Waals surface area contributed by atoms with Crippen LogP contribution >= 0.6 is 0 Å². The lowest BCUT2D eigenvalue weighted by atomic mass is 10.3. The van der Waals surface area contributed by atoms with E-state index in [1.807, 2.05) is 0 Å². The maximum Gasteiger partial charge on any atom is 0.356 e. The predicted octanol–water partition coefficient (Wildman–Crippen LogP) is -0.433. The lowest BCUT2D eigenvalue weighted by Crippen LogP contribution is -2.31. The minimum atomic E-state index is -0.728. The first-order valence-corrected chi connectivity index (χ1v) is 5.75. The molecule has 0 aromatic carbocycles. The number of nitro groups is 1. The highest BCUT2D eigenvalue weighted by Gasteiger charge is 2.23. The number of rotatable bonds is 7. The molecule has 110 valence electrons. The Labute approximate surface area is 114 Å². The number of pyridine rings is 1. The molecule has 0 radical (unpaired) electrons. The monoisotopic (exact) mass is 285 g/mol. The van der Waals surface area contributed by atoms with Crippen LogP contribution in [-0.2, 0) is 4.74 Å². The van der Waals surface area contributed by atoms with Crippen molar-refractivity contribution >= 4 is 17.5 Å². The molecule has 0 aliphatic carbocycles. The van der Waals surface area contributed by atoms with Gasteiger partial charge < -0.3 is 19.8 Å². The van der Waals surface area contributed by atoms with Gasteiger partial charge in [-0.25, -0.2) is 9.78 Å². The number of aliphatic hydroxyl groups is 2. The minimum Gasteiger partial charge on any atom is -0.464 e. The summed E-state index contributed by atoms with van der Waals surface area (Å²) in [6, 6.07) is 2.32. The van der Waals surface area contributed by atoms with Crippen LogP contribution in [0.15, 0.2) is 12.1 Å². The van der Waals surface area contributed by atoms with Crippen LogP contribution in [0.3, 0.4) is 0 Å². The minimum absolute atomic E-state index is 0.0407. The Balaban J connectivity index is 3.28. The molecule has 2 N–H and O–H groups in total. The van der Waals surface area contributed by atoms with E-state index in [1.54, 1.807) is 0 Å². The molecule has 20 heavy (non-hydrogen) atoms. The van der Waals surface area contributed by atoms with Crippen molar-refractivity contribution in [3.8, 4) is 0 Å². The first kappa shape index (κ1) is 15.8. The third kappa shape index (κ3) is 3.62. The summed E-state index contributed by atoms with van der Waals surface area (Å²) in [6.45, 7) is -0.472. The van der Waals surface area contributed by atoms with E-state index in [-0.39, 0.29) is 43.5 Å². The highest BCUT2D eigenvalue weighted by molar-refractivity contribution is 5.88. The summed E-state index contributed by atoms with van der Waals surface area (Å²) in [5.41, 5.74) is -0.409. The van der Waals surface area contributed by atoms with Crippen LogP contribution in [0.5, 0.6) is 0 Å². The van der Waals surface area contributed by atoms with Crippen LogP contribution < -0.4 is 4.90 Å². The zero-order valence-corrected chi connectivity index (χ0v) is 10.9. The first-order valence-electron chi connectivity index (χ1n) is 5.75. The molecule has 0 saturated carbocycles. The largest absolute Gasteiger partial charge is 0.464 e. The number of esters is 1. The van der Waals surface area contributed by atoms with E-state index < -0.39 is 10.9 Å². The number of aliphatic hydroxyl groups excluding tert-OH is 2. The molecule has 0 fully saturated rings. The summed E-state index contributed by atoms with van der Waals surface area (Å²) >= 11 is 0. The molecule has 0 aliphatic heterocycles. The molecule has 9 heteroatoms. The van der Waals surface area contributed by atoms with E-state index in [0.717, 1.165) is 6.07 Å². The SMILES string of the molecule is COC(=O)c1ccc([N+](=O)[O-])c(N(CCO)CCO)n1. The van der Waals surface area contributed by atoms with Crippen LogP contribution in [-0.4, -0.2) is 59.5 Å². The second-order valence-corrected chi connectivity index (χ2v) is 3.72. The molecule has 1 heterocycles. The van der Waals surface area contributed by atoms with Gasteiger partial charge in [0.1, 0.15) is 0 Å². The molecule has 1 rings (SSSR count). The van der Waals surface area contributed by atoms with E-state index >= 15 is 0 Å². The van der Waals surface area contributed by atoms with Crippen molar-refractivity contribution in [1.29, 1.82) is 0 Å². The van der Waals surface area contributed by atoms with Gasteiger partial charge in [-0.2, -0.15) is 0 Å². The summed E-state index contributed by atoms with van der Waals surface area (Å²) in [6.07, 6.45) is 0. The van der Waals surface area contributed by atoms with Gasteiger partial charge >= 0.3 is 11.7 Å². The predicted molar refractivity (Wildman–Crippen MR) is 68.6 cm³/mol. The number of carbonyl (C=O) groups is 1. The quantitative estimate of drug-likeness (QED) is 0.392. The fraction of sp³-hybridized carbons (Fsp3) is 0.455. The number of hydrogen-bond acceptors (Lipinski definition) is 8. The molecule has 1 aromatic heterocycles. The highest BCUT2D eigenvalue weighted by atomic mass is 16.6. The third-order valence-electron chi connectivity index (χ3n) is 2.49. The molecule has 1 aromatic rings. The Kier molecular flexibility index (Phi) is 5.81. The Hall–Kier alpha value is -2.26. The topological polar surface area (TPSA) is 126 Å². The van der Waals surface area contributed by atoms with Crippen molar-refractivity contribution in [2.24, 2.45) is 0 Å². The summed E-state index contributed by atoms with van der Waals surface area (Å²) in [4.78, 5) is 27.0. The number of nitrogens with zero attached hydrogens (tertiary/aromatic N) is 3. The van der Waals surface area contributed by atoms with Gasteiger partial charge in [0.25, 0.3) is 0 Å². The number of aromatic nitrogens is 1. The Morgan fingerprint density at radius 2 is 2.00 bits per heavy atom. The summed E-state index contributed by atoms with van der Waals surface area (Å²) in [5.74, 6) is -0.824. The Morgan fingerprint density at radius 1 is 1.40 bits per heavy atom. The van der Waals surface area contributed by atoms with E-state index in [1.165, 1.54) is 18.1 Å². The fourth-order valence-corrected chi connectivity index (χ4v) is 1.60. The van der Waals surface area contributed by atoms with Gasteiger partial charge in [-0.05, 0) is 6.07 Å². The average molecular weight is 285 g/mol. The number of hydrogen-bond donors (Lipinski definition) is 2. The second kappa shape index (κ2) is 7.36. The van der Waals surface area contributed by atoms with Crippen LogP contribution in [0, 0.1) is 10.1 Å². The van der Waals surface area contributed by atoms with Crippen molar-refractivity contribution < 1.29 is 24.7 Å². The summed E-state index contributed by atoms with van der Waals surface area (Å²) in [5, 5.41) is 28.9. The summed E-state index contributed by atoms with van der Waals surface area (Å²) < 4.78 is 4.50. The highest BCUT2D eigenvalue weighted by Crippen LogP contribution is 2.26. The number of methoxy groups -OCH3 is 1. The maximum absolute atomic E-state index is 11.4. The molecular formula is C11H15N3O6. The zero-order valence-electron chi connectivity index (χ0n) is 10.9. The van der Waals surface area contributed by atoms with Gasteiger partial charge in [-0.1, -0.05) is 0 Å². The third-order valence-corrected chi connectivity index (χ3v) is 2.49. The van der Waals surface area contributed by atoms with Gasteiger partial charge in [0, 0.05) is 19.2 Å². The van der Waals surface area contributed by atoms with Crippen molar-refractivity contribution in [2.75, 3.05) is 38.3 Å². The molecule has 0 bridgehead atoms. The first-order chi connectivity index (χ1) is 9.54. The maximum atomic E-state index is 11.4. The van der Waals surface area contributed by atoms with Crippen molar-refractivity contribution in [3.63, 3.8) is 0 Å². The van der Waals surface area contributed by atoms with E-state index in [4.69, 9.17) is 10.2 Å². The van der Waals surface area contributed by atoms with Crippen molar-refractivity contribution in [3.05, 3.63) is 27.9 Å². The standard InChI is InChI=1S/C11H15N3O6/c1-20-11(17)8-2-3-9(14(18)19)10(12-8)13(4-6-15)5-7-16/h2-3,15-16H,4-7H2,1H3. The lowest BCUT2D eigenvalue weighted by molar-refractivity contribution is -0.384.